The van der Waals surface area contributed by atoms with Crippen LogP contribution in [0.1, 0.15) is 103 Å². The molecule has 2 bridgehead atoms. The second kappa shape index (κ2) is 22.0. The minimum absolute atomic E-state index is 0.0102. The first-order valence-electron chi connectivity index (χ1n) is 23.0. The predicted molar refractivity (Wildman–Crippen MR) is 240 cm³/mol. The number of ether oxygens (including phenoxy) is 2. The lowest BCUT2D eigenvalue weighted by atomic mass is 9.63. The van der Waals surface area contributed by atoms with Gasteiger partial charge in [-0.2, -0.15) is 0 Å². The molecular formula is C48H75N6O6+. The highest BCUT2D eigenvalue weighted by atomic mass is 16.5. The third-order valence-electron chi connectivity index (χ3n) is 13.9. The number of nitrogens with two attached hydrogens (primary N) is 2. The van der Waals surface area contributed by atoms with Crippen LogP contribution in [0, 0.1) is 47.0 Å². The van der Waals surface area contributed by atoms with Crippen LogP contribution in [-0.4, -0.2) is 102 Å². The van der Waals surface area contributed by atoms with Crippen molar-refractivity contribution in [3.63, 3.8) is 0 Å². The molecule has 2 fully saturated rings. The summed E-state index contributed by atoms with van der Waals surface area (Å²) in [6, 6.07) is 5.39. The molecule has 12 nitrogen and oxygen atoms in total. The molecule has 0 amide bonds. The number of phenolic OH excluding ortho intramolecular Hbond substituents is 1. The normalized spacial score (nSPS) is 26.6. The topological polar surface area (TPSA) is 204 Å². The van der Waals surface area contributed by atoms with Gasteiger partial charge in [0.05, 0.1) is 18.1 Å². The maximum atomic E-state index is 11.4. The SMILES string of the molecule is CN=C(N)NCC(C)CCCC(CCN)CCCCC1[OH+][C-](CCc2ccc(O)c(OCC(O)C3=C[C+]4C(=N3)C3C=CC5(CCCC5C3)C4CNCC(C)O)c2)C=C1CO. The number of benzene rings is 1. The fraction of sp³-hybridized carbons (Fsp3) is 0.667. The maximum Gasteiger partial charge on any atom is 0.208 e. The average molecular weight is 832 g/mol. The third kappa shape index (κ3) is 11.7. The van der Waals surface area contributed by atoms with Gasteiger partial charge < -0.3 is 52.0 Å². The molecule has 2 saturated carbocycles. The maximum absolute atomic E-state index is 11.4. The second-order valence-corrected chi connectivity index (χ2v) is 18.4. The van der Waals surface area contributed by atoms with Gasteiger partial charge in [-0.15, -0.1) is 16.6 Å². The molecule has 60 heavy (non-hydrogen) atoms. The summed E-state index contributed by atoms with van der Waals surface area (Å²) in [7, 11) is 1.69. The van der Waals surface area contributed by atoms with E-state index < -0.39 is 12.2 Å². The van der Waals surface area contributed by atoms with E-state index in [4.69, 9.17) is 25.9 Å². The van der Waals surface area contributed by atoms with Gasteiger partial charge >= 0.3 is 0 Å². The molecule has 0 saturated heterocycles. The number of guanidine groups is 1. The molecule has 1 aromatic rings. The molecule has 0 radical (unpaired) electrons. The first kappa shape index (κ1) is 46.0. The number of hydrogen-bond acceptors (Lipinski definition) is 9. The third-order valence-corrected chi connectivity index (χ3v) is 13.9. The van der Waals surface area contributed by atoms with Gasteiger partial charge in [-0.05, 0) is 100 Å². The van der Waals surface area contributed by atoms with Crippen molar-refractivity contribution in [2.45, 2.75) is 122 Å². The molecule has 11 N–H and O–H groups in total. The Morgan fingerprint density at radius 3 is 2.77 bits per heavy atom. The van der Waals surface area contributed by atoms with Crippen LogP contribution in [0.15, 0.2) is 63.8 Å². The van der Waals surface area contributed by atoms with E-state index in [2.05, 4.69) is 46.9 Å². The number of nitrogens with one attached hydrogen (secondary N) is 2. The smallest absolute Gasteiger partial charge is 0.208 e. The summed E-state index contributed by atoms with van der Waals surface area (Å²) < 4.78 is 11.1. The highest BCUT2D eigenvalue weighted by molar-refractivity contribution is 6.06. The van der Waals surface area contributed by atoms with Crippen LogP contribution >= 0.6 is 0 Å². The van der Waals surface area contributed by atoms with Crippen LogP contribution in [0.3, 0.4) is 0 Å². The Balaban J connectivity index is 0.953. The molecule has 2 aliphatic heterocycles. The number of aliphatic hydroxyl groups excluding tert-OH is 3. The lowest BCUT2D eigenvalue weighted by molar-refractivity contribution is -0.0553. The minimum Gasteiger partial charge on any atom is -0.504 e. The Bertz CT molecular complexity index is 1690. The Kier molecular flexibility index (Phi) is 16.9. The molecule has 9 atom stereocenters. The molecule has 9 unspecified atom stereocenters. The fourth-order valence-corrected chi connectivity index (χ4v) is 10.6. The van der Waals surface area contributed by atoms with Gasteiger partial charge in [0.15, 0.2) is 29.3 Å². The van der Waals surface area contributed by atoms with Gasteiger partial charge in [0.1, 0.15) is 24.7 Å². The Morgan fingerprint density at radius 1 is 1.15 bits per heavy atom. The van der Waals surface area contributed by atoms with Crippen molar-refractivity contribution in [2.24, 2.45) is 56.5 Å². The Labute approximate surface area is 359 Å². The van der Waals surface area contributed by atoms with Crippen molar-refractivity contribution in [1.29, 1.82) is 0 Å². The standard InChI is InChI=1S/C48H74N6O6/c1-31(26-53-47(50)51-3)8-6-10-33(18-21-49)9-4-5-12-44-36(29-55)24-38(60-44)15-13-34-14-16-42(57)45(22-34)59-30-43(58)41-25-39-40(28-52-27-32(2)56)48-19-7-11-37(48)23-35(17-20-48)46(39)54-41/h14,16-17,20,22,24-25,31-33,35,37,40,43-44,52,55-56,58,60H,4-13,15,18-19,21,23,26-30,49H2,1-3H3,(H3-,50,51,53,57)/p+1. The number of rotatable bonds is 25. The summed E-state index contributed by atoms with van der Waals surface area (Å²) >= 11 is 0. The predicted octanol–water partition coefficient (Wildman–Crippen LogP) is 5.17. The van der Waals surface area contributed by atoms with Crippen LogP contribution < -0.4 is 26.8 Å². The molecule has 1 aromatic carbocycles. The highest BCUT2D eigenvalue weighted by Gasteiger charge is 2.60. The number of nitrogens with zero attached hydrogens (tertiary/aromatic N) is 2. The number of aliphatic hydroxyl groups is 5. The van der Waals surface area contributed by atoms with E-state index in [-0.39, 0.29) is 42.3 Å². The van der Waals surface area contributed by atoms with Gasteiger partial charge in [-0.25, -0.2) is 0 Å². The molecule has 7 rings (SSSR count). The van der Waals surface area contributed by atoms with Gasteiger partial charge in [-0.1, -0.05) is 57.2 Å². The summed E-state index contributed by atoms with van der Waals surface area (Å²) in [5.74, 6) is 4.33. The number of aliphatic imine (C=N–C) groups is 2. The van der Waals surface area contributed by atoms with Crippen LogP contribution in [0.2, 0.25) is 0 Å². The first-order valence-corrected chi connectivity index (χ1v) is 23.0. The van der Waals surface area contributed by atoms with E-state index in [1.165, 1.54) is 31.6 Å². The molecule has 12 heteroatoms. The summed E-state index contributed by atoms with van der Waals surface area (Å²) in [6.07, 6.45) is 23.6. The van der Waals surface area contributed by atoms with Crippen molar-refractivity contribution in [2.75, 3.05) is 46.4 Å². The minimum atomic E-state index is -0.952. The van der Waals surface area contributed by atoms with E-state index in [0.717, 1.165) is 87.4 Å². The summed E-state index contributed by atoms with van der Waals surface area (Å²) in [6.45, 7) is 6.89. The number of phenols is 1. The zero-order valence-electron chi connectivity index (χ0n) is 36.5. The molecule has 6 aliphatic rings. The summed E-state index contributed by atoms with van der Waals surface area (Å²) in [4.78, 5) is 9.02. The molecule has 332 valence electrons. The quantitative estimate of drug-likeness (QED) is 0.0163. The molecular weight excluding hydrogens is 757 g/mol. The molecule has 1 spiro atoms. The number of unbranched alkanes of at least 4 members (excludes halogenated alkanes) is 1. The second-order valence-electron chi connectivity index (χ2n) is 18.4. The Hall–Kier alpha value is -3.52. The van der Waals surface area contributed by atoms with Crippen LogP contribution in [0.4, 0.5) is 0 Å². The largest absolute Gasteiger partial charge is 0.504 e. The average Bonchev–Trinajstić information content (AvgIpc) is 3.96. The van der Waals surface area contributed by atoms with Crippen LogP contribution in [0.25, 0.3) is 0 Å². The Morgan fingerprint density at radius 2 is 1.98 bits per heavy atom. The first-order chi connectivity index (χ1) is 29.0. The summed E-state index contributed by atoms with van der Waals surface area (Å²) in [5.41, 5.74) is 15.5. The van der Waals surface area contributed by atoms with Crippen molar-refractivity contribution >= 4 is 11.7 Å². The van der Waals surface area contributed by atoms with E-state index in [1.54, 1.807) is 20.0 Å². The lowest BCUT2D eigenvalue weighted by Gasteiger charge is -2.39. The zero-order chi connectivity index (χ0) is 42.6. The van der Waals surface area contributed by atoms with E-state index in [1.807, 2.05) is 12.1 Å². The molecule has 4 aliphatic carbocycles. The van der Waals surface area contributed by atoms with E-state index >= 15 is 0 Å². The summed E-state index contributed by atoms with van der Waals surface area (Å²) in [5, 5.41) is 48.9. The zero-order valence-corrected chi connectivity index (χ0v) is 36.5. The van der Waals surface area contributed by atoms with Crippen molar-refractivity contribution in [1.82, 2.24) is 10.6 Å². The number of aryl methyl sites for hydroxylation is 1. The van der Waals surface area contributed by atoms with Gasteiger partial charge in [0.2, 0.25) is 5.70 Å². The molecule has 2 heterocycles. The van der Waals surface area contributed by atoms with E-state index in [0.29, 0.717) is 61.1 Å². The van der Waals surface area contributed by atoms with Crippen LogP contribution in [0.5, 0.6) is 11.5 Å². The van der Waals surface area contributed by atoms with Gasteiger partial charge in [-0.3, -0.25) is 4.99 Å². The van der Waals surface area contributed by atoms with Crippen molar-refractivity contribution < 1.29 is 29.9 Å². The molecule has 0 aromatic heterocycles. The van der Waals surface area contributed by atoms with Crippen molar-refractivity contribution in [3.8, 4) is 11.5 Å². The highest BCUT2D eigenvalue weighted by Crippen LogP contribution is 2.61. The van der Waals surface area contributed by atoms with Crippen LogP contribution in [-0.2, 0) is 6.42 Å². The number of aromatic hydroxyl groups is 1. The van der Waals surface area contributed by atoms with E-state index in [9.17, 15) is 20.4 Å². The fourth-order valence-electron chi connectivity index (χ4n) is 10.6. The monoisotopic (exact) mass is 832 g/mol. The lowest BCUT2D eigenvalue weighted by Crippen LogP contribution is -2.42. The van der Waals surface area contributed by atoms with Crippen molar-refractivity contribution in [3.05, 3.63) is 71.4 Å². The number of allylic oxidation sites excluding steroid dienone is 3. The van der Waals surface area contributed by atoms with Gasteiger partial charge in [0, 0.05) is 51.0 Å². The number of hydrogen-bond donors (Lipinski definition) is 8. The van der Waals surface area contributed by atoms with Gasteiger partial charge in [0.25, 0.3) is 0 Å².